The first-order valence-corrected chi connectivity index (χ1v) is 8.47. The van der Waals surface area contributed by atoms with Crippen molar-refractivity contribution in [3.8, 4) is 0 Å². The van der Waals surface area contributed by atoms with Gasteiger partial charge >= 0.3 is 5.97 Å². The van der Waals surface area contributed by atoms with Gasteiger partial charge in [0.2, 0.25) is 5.91 Å². The monoisotopic (exact) mass is 307 g/mol. The number of nitrogens with one attached hydrogen (secondary N) is 1. The van der Waals surface area contributed by atoms with Gasteiger partial charge in [-0.3, -0.25) is 9.59 Å². The quantitative estimate of drug-likeness (QED) is 0.797. The molecular weight excluding hydrogens is 278 g/mol. The largest absolute Gasteiger partial charge is 0.460 e. The highest BCUT2D eigenvalue weighted by molar-refractivity contribution is 5.79. The Labute approximate surface area is 133 Å². The van der Waals surface area contributed by atoms with E-state index in [2.05, 4.69) is 12.2 Å². The summed E-state index contributed by atoms with van der Waals surface area (Å²) < 4.78 is 5.77. The van der Waals surface area contributed by atoms with Gasteiger partial charge in [0.05, 0.1) is 5.41 Å². The Kier molecular flexibility index (Phi) is 3.22. The molecule has 0 aliphatic heterocycles. The summed E-state index contributed by atoms with van der Waals surface area (Å²) in [4.78, 5) is 24.7. The van der Waals surface area contributed by atoms with Crippen molar-refractivity contribution in [2.75, 3.05) is 0 Å². The van der Waals surface area contributed by atoms with Crippen LogP contribution in [0.25, 0.3) is 0 Å². The number of ether oxygens (including phenoxy) is 1. The first-order valence-electron chi connectivity index (χ1n) is 8.47. The van der Waals surface area contributed by atoms with Crippen molar-refractivity contribution >= 4 is 11.9 Å². The lowest BCUT2D eigenvalue weighted by Gasteiger charge is -2.65. The molecule has 4 aliphatic carbocycles. The zero-order valence-corrected chi connectivity index (χ0v) is 14.5. The Morgan fingerprint density at radius 2 is 1.77 bits per heavy atom. The summed E-state index contributed by atoms with van der Waals surface area (Å²) in [7, 11) is 0. The summed E-state index contributed by atoms with van der Waals surface area (Å²) in [5.41, 5.74) is -0.901. The average molecular weight is 307 g/mol. The van der Waals surface area contributed by atoms with Crippen molar-refractivity contribution in [3.63, 3.8) is 0 Å². The Morgan fingerprint density at radius 1 is 1.09 bits per heavy atom. The highest BCUT2D eigenvalue weighted by atomic mass is 16.6. The fraction of sp³-hybridized carbons (Fsp3) is 0.889. The predicted molar refractivity (Wildman–Crippen MR) is 84.1 cm³/mol. The molecular formula is C18H29NO3. The smallest absolute Gasteiger partial charge is 0.312 e. The Bertz CT molecular complexity index is 523. The van der Waals surface area contributed by atoms with Gasteiger partial charge in [0.15, 0.2) is 0 Å². The molecule has 22 heavy (non-hydrogen) atoms. The van der Waals surface area contributed by atoms with Crippen molar-refractivity contribution in [1.29, 1.82) is 0 Å². The number of carbonyl (C=O) groups excluding carboxylic acids is 2. The second-order valence-electron chi connectivity index (χ2n) is 9.56. The third-order valence-corrected chi connectivity index (χ3v) is 5.62. The van der Waals surface area contributed by atoms with Gasteiger partial charge in [-0.1, -0.05) is 6.92 Å². The molecule has 4 unspecified atom stereocenters. The van der Waals surface area contributed by atoms with Gasteiger partial charge < -0.3 is 10.1 Å². The van der Waals surface area contributed by atoms with Gasteiger partial charge in [0.1, 0.15) is 5.60 Å². The summed E-state index contributed by atoms with van der Waals surface area (Å²) in [6.45, 7) is 9.65. The summed E-state index contributed by atoms with van der Waals surface area (Å²) >= 11 is 0. The molecule has 0 aromatic heterocycles. The van der Waals surface area contributed by atoms with Gasteiger partial charge in [-0.2, -0.15) is 0 Å². The SMILES string of the molecule is CC(=O)NC12CC3CC(C)(C1)CC(C(=O)OC(C)(C)C)(C3)C2. The molecule has 1 N–H and O–H groups in total. The lowest BCUT2D eigenvalue weighted by atomic mass is 9.42. The van der Waals surface area contributed by atoms with Crippen LogP contribution in [0, 0.1) is 16.7 Å². The van der Waals surface area contributed by atoms with Gasteiger partial charge in [-0.05, 0) is 70.6 Å². The summed E-state index contributed by atoms with van der Waals surface area (Å²) in [6.07, 6.45) is 5.79. The first-order chi connectivity index (χ1) is 9.95. The van der Waals surface area contributed by atoms with Gasteiger partial charge in [0.25, 0.3) is 0 Å². The van der Waals surface area contributed by atoms with Crippen molar-refractivity contribution in [2.24, 2.45) is 16.7 Å². The van der Waals surface area contributed by atoms with E-state index in [4.69, 9.17) is 4.74 Å². The van der Waals surface area contributed by atoms with Crippen LogP contribution < -0.4 is 5.32 Å². The Hall–Kier alpha value is -1.06. The van der Waals surface area contributed by atoms with E-state index in [0.717, 1.165) is 32.1 Å². The molecule has 4 saturated carbocycles. The van der Waals surface area contributed by atoms with Gasteiger partial charge in [-0.25, -0.2) is 0 Å². The molecule has 1 amide bonds. The van der Waals surface area contributed by atoms with Crippen LogP contribution in [-0.2, 0) is 14.3 Å². The van der Waals surface area contributed by atoms with Gasteiger partial charge in [0, 0.05) is 12.5 Å². The lowest BCUT2D eigenvalue weighted by molar-refractivity contribution is -0.195. The zero-order valence-electron chi connectivity index (χ0n) is 14.5. The minimum absolute atomic E-state index is 0.0184. The minimum atomic E-state index is -0.456. The number of hydrogen-bond donors (Lipinski definition) is 1. The molecule has 4 fully saturated rings. The van der Waals surface area contributed by atoms with Crippen molar-refractivity contribution in [2.45, 2.75) is 84.3 Å². The first kappa shape index (κ1) is 15.8. The highest BCUT2D eigenvalue weighted by Crippen LogP contribution is 2.66. The number of esters is 1. The lowest BCUT2D eigenvalue weighted by Crippen LogP contribution is -2.67. The van der Waals surface area contributed by atoms with Crippen LogP contribution in [0.2, 0.25) is 0 Å². The third-order valence-electron chi connectivity index (χ3n) is 5.62. The van der Waals surface area contributed by atoms with Crippen LogP contribution in [0.3, 0.4) is 0 Å². The fourth-order valence-corrected chi connectivity index (χ4v) is 6.05. The van der Waals surface area contributed by atoms with E-state index in [-0.39, 0.29) is 22.8 Å². The highest BCUT2D eigenvalue weighted by Gasteiger charge is 2.65. The topological polar surface area (TPSA) is 55.4 Å². The summed E-state index contributed by atoms with van der Waals surface area (Å²) in [5.74, 6) is 0.496. The molecule has 4 bridgehead atoms. The third kappa shape index (κ3) is 2.65. The van der Waals surface area contributed by atoms with E-state index in [1.165, 1.54) is 6.42 Å². The van der Waals surface area contributed by atoms with Crippen LogP contribution >= 0.6 is 0 Å². The van der Waals surface area contributed by atoms with Crippen LogP contribution in [0.4, 0.5) is 0 Å². The second-order valence-corrected chi connectivity index (χ2v) is 9.56. The maximum absolute atomic E-state index is 12.9. The molecule has 0 heterocycles. The van der Waals surface area contributed by atoms with Crippen LogP contribution in [0.15, 0.2) is 0 Å². The van der Waals surface area contributed by atoms with E-state index >= 15 is 0 Å². The molecule has 0 aromatic carbocycles. The zero-order chi connectivity index (χ0) is 16.4. The molecule has 4 heteroatoms. The number of hydrogen-bond acceptors (Lipinski definition) is 3. The molecule has 4 aliphatic rings. The van der Waals surface area contributed by atoms with E-state index in [1.54, 1.807) is 6.92 Å². The van der Waals surface area contributed by atoms with Crippen molar-refractivity contribution in [1.82, 2.24) is 5.32 Å². The number of amides is 1. The number of rotatable bonds is 2. The summed E-state index contributed by atoms with van der Waals surface area (Å²) in [6, 6.07) is 0. The molecule has 4 nitrogen and oxygen atoms in total. The van der Waals surface area contributed by atoms with E-state index < -0.39 is 11.0 Å². The second kappa shape index (κ2) is 4.48. The van der Waals surface area contributed by atoms with Crippen molar-refractivity contribution in [3.05, 3.63) is 0 Å². The molecule has 0 aromatic rings. The molecule has 0 radical (unpaired) electrons. The minimum Gasteiger partial charge on any atom is -0.460 e. The van der Waals surface area contributed by atoms with Gasteiger partial charge in [-0.15, -0.1) is 0 Å². The molecule has 4 atom stereocenters. The Morgan fingerprint density at radius 3 is 2.32 bits per heavy atom. The molecule has 124 valence electrons. The predicted octanol–water partition coefficient (Wildman–Crippen LogP) is 3.19. The van der Waals surface area contributed by atoms with Crippen molar-refractivity contribution < 1.29 is 14.3 Å². The molecule has 0 spiro atoms. The van der Waals surface area contributed by atoms with Crippen LogP contribution in [0.1, 0.15) is 73.1 Å². The number of carbonyl (C=O) groups is 2. The fourth-order valence-electron chi connectivity index (χ4n) is 6.05. The van der Waals surface area contributed by atoms with E-state index in [9.17, 15) is 9.59 Å². The van der Waals surface area contributed by atoms with E-state index in [1.807, 2.05) is 20.8 Å². The standard InChI is InChI=1S/C18H29NO3/c1-12(20)19-18-8-13-6-16(5,10-18)9-17(7-13,11-18)14(21)22-15(2,3)4/h13H,6-11H2,1-5H3,(H,19,20). The Balaban J connectivity index is 1.93. The van der Waals surface area contributed by atoms with E-state index in [0.29, 0.717) is 5.92 Å². The molecule has 0 saturated heterocycles. The average Bonchev–Trinajstić information content (AvgIpc) is 2.20. The van der Waals surface area contributed by atoms with Crippen LogP contribution in [0.5, 0.6) is 0 Å². The molecule has 4 rings (SSSR count). The van der Waals surface area contributed by atoms with Crippen LogP contribution in [-0.4, -0.2) is 23.0 Å². The normalized spacial score (nSPS) is 43.0. The maximum atomic E-state index is 12.9. The summed E-state index contributed by atoms with van der Waals surface area (Å²) in [5, 5.41) is 3.21. The maximum Gasteiger partial charge on any atom is 0.312 e.